The van der Waals surface area contributed by atoms with Crippen LogP contribution in [0.15, 0.2) is 48.8 Å². The van der Waals surface area contributed by atoms with E-state index in [1.54, 1.807) is 6.33 Å². The van der Waals surface area contributed by atoms with Crippen molar-refractivity contribution in [3.05, 3.63) is 64.4 Å². The Kier molecular flexibility index (Phi) is 4.23. The van der Waals surface area contributed by atoms with E-state index in [1.807, 2.05) is 42.5 Å². The van der Waals surface area contributed by atoms with Crippen LogP contribution in [0.5, 0.6) is 0 Å². The number of aromatic nitrogens is 2. The van der Waals surface area contributed by atoms with Gasteiger partial charge in [-0.2, -0.15) is 0 Å². The van der Waals surface area contributed by atoms with Crippen LogP contribution < -0.4 is 5.32 Å². The molecule has 0 radical (unpaired) electrons. The van der Waals surface area contributed by atoms with Crippen molar-refractivity contribution in [3.63, 3.8) is 0 Å². The number of rotatable bonds is 4. The summed E-state index contributed by atoms with van der Waals surface area (Å²) in [4.78, 5) is 8.55. The second kappa shape index (κ2) is 6.29. The lowest BCUT2D eigenvalue weighted by molar-refractivity contribution is 1.01. The number of fused-ring (bicyclic) bond motifs is 1. The van der Waals surface area contributed by atoms with Crippen molar-refractivity contribution in [2.24, 2.45) is 0 Å². The van der Waals surface area contributed by atoms with Gasteiger partial charge in [-0.25, -0.2) is 9.97 Å². The van der Waals surface area contributed by atoms with Crippen molar-refractivity contribution in [1.29, 1.82) is 0 Å². The zero-order valence-corrected chi connectivity index (χ0v) is 12.7. The molecular formula is C16H13Cl2N3. The Labute approximate surface area is 132 Å². The molecule has 0 saturated carbocycles. The summed E-state index contributed by atoms with van der Waals surface area (Å²) in [5.41, 5.74) is 2.07. The number of nitrogens with one attached hydrogen (secondary N) is 1. The van der Waals surface area contributed by atoms with Crippen LogP contribution in [0.3, 0.4) is 0 Å². The molecule has 0 fully saturated rings. The molecule has 0 spiro atoms. The minimum Gasteiger partial charge on any atom is -0.369 e. The lowest BCUT2D eigenvalue weighted by Crippen LogP contribution is -2.07. The van der Waals surface area contributed by atoms with E-state index in [4.69, 9.17) is 23.2 Å². The summed E-state index contributed by atoms with van der Waals surface area (Å²) in [6.45, 7) is 0.763. The highest BCUT2D eigenvalue weighted by atomic mass is 35.5. The zero-order chi connectivity index (χ0) is 14.7. The first-order valence-electron chi connectivity index (χ1n) is 6.61. The number of hydrogen-bond donors (Lipinski definition) is 1. The molecule has 0 saturated heterocycles. The van der Waals surface area contributed by atoms with Crippen molar-refractivity contribution in [2.75, 3.05) is 11.9 Å². The largest absolute Gasteiger partial charge is 0.369 e. The molecule has 1 N–H and O–H groups in total. The van der Waals surface area contributed by atoms with Crippen LogP contribution >= 0.6 is 23.2 Å². The Morgan fingerprint density at radius 2 is 1.81 bits per heavy atom. The van der Waals surface area contributed by atoms with E-state index in [-0.39, 0.29) is 0 Å². The lowest BCUT2D eigenvalue weighted by atomic mass is 10.1. The van der Waals surface area contributed by atoms with Crippen LogP contribution in [-0.2, 0) is 6.42 Å². The first-order chi connectivity index (χ1) is 10.2. The fraction of sp³-hybridized carbons (Fsp3) is 0.125. The van der Waals surface area contributed by atoms with Crippen molar-refractivity contribution >= 4 is 39.9 Å². The molecule has 2 aromatic carbocycles. The summed E-state index contributed by atoms with van der Waals surface area (Å²) < 4.78 is 0. The molecule has 0 atom stereocenters. The van der Waals surface area contributed by atoms with Crippen LogP contribution in [0.2, 0.25) is 10.0 Å². The van der Waals surface area contributed by atoms with E-state index in [0.717, 1.165) is 35.2 Å². The number of benzene rings is 2. The minimum absolute atomic E-state index is 0.579. The van der Waals surface area contributed by atoms with Crippen LogP contribution in [0, 0.1) is 0 Å². The average molecular weight is 318 g/mol. The number of nitrogens with zero attached hydrogens (tertiary/aromatic N) is 2. The van der Waals surface area contributed by atoms with Gasteiger partial charge >= 0.3 is 0 Å². The van der Waals surface area contributed by atoms with Gasteiger partial charge in [-0.05, 0) is 36.2 Å². The van der Waals surface area contributed by atoms with Crippen molar-refractivity contribution < 1.29 is 0 Å². The van der Waals surface area contributed by atoms with Gasteiger partial charge in [-0.1, -0.05) is 41.4 Å². The number of para-hydroxylation sites is 1. The standard InChI is InChI=1S/C16H13Cl2N3/c17-13-6-5-11(9-14(13)18)7-8-19-16-12-3-1-2-4-15(12)20-10-21-16/h1-6,9-10H,7-8H2,(H,19,20,21). The average Bonchev–Trinajstić information content (AvgIpc) is 2.51. The molecule has 0 aliphatic heterocycles. The van der Waals surface area contributed by atoms with Crippen LogP contribution in [0.4, 0.5) is 5.82 Å². The minimum atomic E-state index is 0.579. The highest BCUT2D eigenvalue weighted by molar-refractivity contribution is 6.42. The third-order valence-corrected chi connectivity index (χ3v) is 3.97. The first-order valence-corrected chi connectivity index (χ1v) is 7.37. The molecule has 5 heteroatoms. The van der Waals surface area contributed by atoms with E-state index in [1.165, 1.54) is 0 Å². The molecule has 3 rings (SSSR count). The Bertz CT molecular complexity index is 769. The number of anilines is 1. The zero-order valence-electron chi connectivity index (χ0n) is 11.2. The second-order valence-electron chi connectivity index (χ2n) is 4.66. The van der Waals surface area contributed by atoms with Gasteiger partial charge in [0.25, 0.3) is 0 Å². The SMILES string of the molecule is Clc1ccc(CCNc2ncnc3ccccc23)cc1Cl. The van der Waals surface area contributed by atoms with Crippen molar-refractivity contribution in [1.82, 2.24) is 9.97 Å². The maximum atomic E-state index is 6.01. The highest BCUT2D eigenvalue weighted by Crippen LogP contribution is 2.23. The molecule has 3 aromatic rings. The molecule has 106 valence electrons. The van der Waals surface area contributed by atoms with E-state index in [0.29, 0.717) is 10.0 Å². The Morgan fingerprint density at radius 1 is 0.952 bits per heavy atom. The third kappa shape index (κ3) is 3.26. The monoisotopic (exact) mass is 317 g/mol. The van der Waals surface area contributed by atoms with Gasteiger partial charge in [0.2, 0.25) is 0 Å². The Balaban J connectivity index is 1.70. The Morgan fingerprint density at radius 3 is 2.67 bits per heavy atom. The van der Waals surface area contributed by atoms with Crippen LogP contribution in [0.25, 0.3) is 10.9 Å². The van der Waals surface area contributed by atoms with Crippen LogP contribution in [0.1, 0.15) is 5.56 Å². The topological polar surface area (TPSA) is 37.8 Å². The van der Waals surface area contributed by atoms with E-state index < -0.39 is 0 Å². The fourth-order valence-electron chi connectivity index (χ4n) is 2.17. The van der Waals surface area contributed by atoms with Crippen LogP contribution in [-0.4, -0.2) is 16.5 Å². The maximum Gasteiger partial charge on any atom is 0.137 e. The summed E-state index contributed by atoms with van der Waals surface area (Å²) in [5, 5.41) is 5.53. The molecule has 0 aliphatic rings. The van der Waals surface area contributed by atoms with Gasteiger partial charge in [0.15, 0.2) is 0 Å². The van der Waals surface area contributed by atoms with Crippen molar-refractivity contribution in [3.8, 4) is 0 Å². The molecule has 21 heavy (non-hydrogen) atoms. The predicted molar refractivity (Wildman–Crippen MR) is 88.2 cm³/mol. The highest BCUT2D eigenvalue weighted by Gasteiger charge is 2.03. The summed E-state index contributed by atoms with van der Waals surface area (Å²) in [6, 6.07) is 13.6. The van der Waals surface area contributed by atoms with Crippen molar-refractivity contribution in [2.45, 2.75) is 6.42 Å². The first kappa shape index (κ1) is 14.1. The molecule has 0 unspecified atom stereocenters. The second-order valence-corrected chi connectivity index (χ2v) is 5.48. The lowest BCUT2D eigenvalue weighted by Gasteiger charge is -2.08. The molecule has 0 amide bonds. The normalized spacial score (nSPS) is 10.8. The fourth-order valence-corrected chi connectivity index (χ4v) is 2.49. The summed E-state index contributed by atoms with van der Waals surface area (Å²) >= 11 is 11.9. The van der Waals surface area contributed by atoms with Gasteiger partial charge in [-0.15, -0.1) is 0 Å². The third-order valence-electron chi connectivity index (χ3n) is 3.23. The van der Waals surface area contributed by atoms with E-state index in [9.17, 15) is 0 Å². The summed E-state index contributed by atoms with van der Waals surface area (Å²) in [6.07, 6.45) is 2.42. The Hall–Kier alpha value is -1.84. The maximum absolute atomic E-state index is 6.01. The van der Waals surface area contributed by atoms with Gasteiger partial charge < -0.3 is 5.32 Å². The van der Waals surface area contributed by atoms with E-state index in [2.05, 4.69) is 15.3 Å². The molecular weight excluding hydrogens is 305 g/mol. The smallest absolute Gasteiger partial charge is 0.137 e. The molecule has 3 nitrogen and oxygen atoms in total. The van der Waals surface area contributed by atoms with Gasteiger partial charge in [0.1, 0.15) is 12.1 Å². The molecule has 1 heterocycles. The molecule has 1 aromatic heterocycles. The number of halogens is 2. The predicted octanol–water partition coefficient (Wildman–Crippen LogP) is 4.59. The van der Waals surface area contributed by atoms with Gasteiger partial charge in [0, 0.05) is 11.9 Å². The quantitative estimate of drug-likeness (QED) is 0.764. The number of hydrogen-bond acceptors (Lipinski definition) is 3. The van der Waals surface area contributed by atoms with Gasteiger partial charge in [0.05, 0.1) is 15.6 Å². The summed E-state index contributed by atoms with van der Waals surface area (Å²) in [7, 11) is 0. The van der Waals surface area contributed by atoms with E-state index >= 15 is 0 Å². The molecule has 0 bridgehead atoms. The van der Waals surface area contributed by atoms with Gasteiger partial charge in [-0.3, -0.25) is 0 Å². The molecule has 0 aliphatic carbocycles. The summed E-state index contributed by atoms with van der Waals surface area (Å²) in [5.74, 6) is 0.848.